The van der Waals surface area contributed by atoms with Crippen molar-refractivity contribution < 1.29 is 80.2 Å². The standard InChI is InChI=1S/C74H144O17P2/c1-6-9-12-15-18-21-24-26-28-30-34-40-45-50-55-60-74(79)91-70(64-85-72(77)58-53-48-43-38-35-31-32-36-41-46-51-56-67(4)5)66-89-93(82,83)87-62-68(75)61-86-92(80,81)88-65-69(63-84-71(76)57-52-47-42-37-23-20-17-14-11-8-3)90-73(78)59-54-49-44-39-33-29-27-25-22-19-16-13-10-7-2/h67-70,75H,6-66H2,1-5H3,(H,80,81)(H,82,83)/t68-,69+,70+/m0/s1. The number of aliphatic hydroxyl groups is 1. The molecule has 0 fully saturated rings. The van der Waals surface area contributed by atoms with E-state index in [0.717, 1.165) is 95.8 Å². The van der Waals surface area contributed by atoms with Gasteiger partial charge in [-0.1, -0.05) is 336 Å². The highest BCUT2D eigenvalue weighted by atomic mass is 31.2. The zero-order chi connectivity index (χ0) is 68.4. The summed E-state index contributed by atoms with van der Waals surface area (Å²) < 4.78 is 68.5. The topological polar surface area (TPSA) is 237 Å². The van der Waals surface area contributed by atoms with E-state index >= 15 is 0 Å². The molecule has 3 N–H and O–H groups in total. The van der Waals surface area contributed by atoms with Crippen molar-refractivity contribution in [3.8, 4) is 0 Å². The van der Waals surface area contributed by atoms with Crippen LogP contribution < -0.4 is 0 Å². The van der Waals surface area contributed by atoms with Gasteiger partial charge in [0.15, 0.2) is 12.2 Å². The van der Waals surface area contributed by atoms with Crippen LogP contribution in [0, 0.1) is 5.92 Å². The molecule has 552 valence electrons. The average Bonchev–Trinajstić information content (AvgIpc) is 2.43. The zero-order valence-corrected chi connectivity index (χ0v) is 62.2. The van der Waals surface area contributed by atoms with Crippen LogP contribution in [0.1, 0.15) is 388 Å². The number of unbranched alkanes of at least 4 members (excludes halogenated alkanes) is 46. The fourth-order valence-corrected chi connectivity index (χ4v) is 12.9. The molecule has 0 aliphatic heterocycles. The Balaban J connectivity index is 5.25. The summed E-state index contributed by atoms with van der Waals surface area (Å²) in [6.07, 6.45) is 55.3. The number of carbonyl (C=O) groups is 4. The third-order valence-electron chi connectivity index (χ3n) is 17.3. The monoisotopic (exact) mass is 1370 g/mol. The molecule has 0 heterocycles. The maximum Gasteiger partial charge on any atom is 0.472 e. The summed E-state index contributed by atoms with van der Waals surface area (Å²) >= 11 is 0. The number of rotatable bonds is 74. The molecule has 93 heavy (non-hydrogen) atoms. The molecule has 0 amide bonds. The van der Waals surface area contributed by atoms with Gasteiger partial charge in [0, 0.05) is 25.7 Å². The highest BCUT2D eigenvalue weighted by Crippen LogP contribution is 2.45. The van der Waals surface area contributed by atoms with Gasteiger partial charge in [-0.3, -0.25) is 37.3 Å². The molecule has 0 bridgehead atoms. The predicted octanol–water partition coefficient (Wildman–Crippen LogP) is 21.7. The van der Waals surface area contributed by atoms with E-state index in [1.807, 2.05) is 0 Å². The van der Waals surface area contributed by atoms with Crippen LogP contribution in [0.2, 0.25) is 0 Å². The predicted molar refractivity (Wildman–Crippen MR) is 377 cm³/mol. The van der Waals surface area contributed by atoms with Crippen LogP contribution in [0.5, 0.6) is 0 Å². The van der Waals surface area contributed by atoms with Gasteiger partial charge in [0.25, 0.3) is 0 Å². The van der Waals surface area contributed by atoms with Crippen LogP contribution in [0.15, 0.2) is 0 Å². The second-order valence-electron chi connectivity index (χ2n) is 27.2. The molecule has 0 aromatic heterocycles. The number of hydrogen-bond acceptors (Lipinski definition) is 15. The summed E-state index contributed by atoms with van der Waals surface area (Å²) in [6, 6.07) is 0. The van der Waals surface area contributed by atoms with Crippen LogP contribution >= 0.6 is 15.6 Å². The van der Waals surface area contributed by atoms with Crippen LogP contribution in [-0.4, -0.2) is 96.7 Å². The molecule has 0 radical (unpaired) electrons. The maximum atomic E-state index is 13.1. The molecule has 0 aromatic carbocycles. The molecule has 5 atom stereocenters. The normalized spacial score (nSPS) is 14.0. The van der Waals surface area contributed by atoms with Gasteiger partial charge in [-0.15, -0.1) is 0 Å². The van der Waals surface area contributed by atoms with Crippen molar-refractivity contribution in [2.45, 2.75) is 406 Å². The largest absolute Gasteiger partial charge is 0.472 e. The zero-order valence-electron chi connectivity index (χ0n) is 60.4. The number of ether oxygens (including phenoxy) is 4. The Hall–Kier alpha value is -1.94. The van der Waals surface area contributed by atoms with Crippen LogP contribution in [0.4, 0.5) is 0 Å². The molecule has 2 unspecified atom stereocenters. The third kappa shape index (κ3) is 68.4. The van der Waals surface area contributed by atoms with E-state index in [9.17, 15) is 43.2 Å². The minimum atomic E-state index is -4.95. The first-order chi connectivity index (χ1) is 45.0. The fourth-order valence-electron chi connectivity index (χ4n) is 11.4. The molecule has 0 spiro atoms. The van der Waals surface area contributed by atoms with Gasteiger partial charge in [-0.25, -0.2) is 9.13 Å². The summed E-state index contributed by atoms with van der Waals surface area (Å²) in [5, 5.41) is 10.6. The molecule has 17 nitrogen and oxygen atoms in total. The molecular formula is C74H144O17P2. The van der Waals surface area contributed by atoms with E-state index in [1.165, 1.54) is 212 Å². The van der Waals surface area contributed by atoms with Crippen molar-refractivity contribution in [1.29, 1.82) is 0 Å². The Morgan fingerprint density at radius 1 is 0.290 bits per heavy atom. The second-order valence-corrected chi connectivity index (χ2v) is 30.1. The number of esters is 4. The van der Waals surface area contributed by atoms with Gasteiger partial charge >= 0.3 is 39.5 Å². The lowest BCUT2D eigenvalue weighted by Crippen LogP contribution is -2.30. The maximum absolute atomic E-state index is 13.1. The lowest BCUT2D eigenvalue weighted by Gasteiger charge is -2.21. The number of aliphatic hydroxyl groups excluding tert-OH is 1. The Bertz CT molecular complexity index is 1790. The Morgan fingerprint density at radius 2 is 0.495 bits per heavy atom. The fraction of sp³-hybridized carbons (Fsp3) is 0.946. The quantitative estimate of drug-likeness (QED) is 0.0222. The highest BCUT2D eigenvalue weighted by Gasteiger charge is 2.30. The summed E-state index contributed by atoms with van der Waals surface area (Å²) in [7, 11) is -9.91. The van der Waals surface area contributed by atoms with Crippen molar-refractivity contribution in [3.05, 3.63) is 0 Å². The number of hydrogen-bond donors (Lipinski definition) is 3. The number of carbonyl (C=O) groups excluding carboxylic acids is 4. The molecule has 0 saturated heterocycles. The van der Waals surface area contributed by atoms with Crippen molar-refractivity contribution >= 4 is 39.5 Å². The van der Waals surface area contributed by atoms with Gasteiger partial charge in [0.2, 0.25) is 0 Å². The van der Waals surface area contributed by atoms with Crippen molar-refractivity contribution in [1.82, 2.24) is 0 Å². The smallest absolute Gasteiger partial charge is 0.462 e. The Morgan fingerprint density at radius 3 is 0.731 bits per heavy atom. The van der Waals surface area contributed by atoms with Gasteiger partial charge in [0.05, 0.1) is 26.4 Å². The van der Waals surface area contributed by atoms with Crippen molar-refractivity contribution in [2.75, 3.05) is 39.6 Å². The minimum absolute atomic E-state index is 0.108. The van der Waals surface area contributed by atoms with E-state index in [1.54, 1.807) is 0 Å². The van der Waals surface area contributed by atoms with Crippen LogP contribution in [0.25, 0.3) is 0 Å². The SMILES string of the molecule is CCCCCCCCCCCCCCCCCC(=O)O[C@H](COC(=O)CCCCCCCCCCCCCC(C)C)COP(=O)(O)OC[C@@H](O)COP(=O)(O)OC[C@@H](COC(=O)CCCCCCCCCCCC)OC(=O)CCCCCCCCCCCCCCCC. The van der Waals surface area contributed by atoms with Gasteiger partial charge in [-0.05, 0) is 31.6 Å². The number of phosphoric ester groups is 2. The lowest BCUT2D eigenvalue weighted by atomic mass is 10.0. The van der Waals surface area contributed by atoms with E-state index in [0.29, 0.717) is 25.7 Å². The van der Waals surface area contributed by atoms with Gasteiger partial charge in [-0.2, -0.15) is 0 Å². The van der Waals surface area contributed by atoms with Crippen LogP contribution in [-0.2, 0) is 65.4 Å². The van der Waals surface area contributed by atoms with E-state index in [-0.39, 0.29) is 25.7 Å². The first-order valence-electron chi connectivity index (χ1n) is 38.6. The Labute approximate surface area is 568 Å². The Kier molecular flexibility index (Phi) is 65.9. The first kappa shape index (κ1) is 91.1. The summed E-state index contributed by atoms with van der Waals surface area (Å²) in [5.74, 6) is -1.34. The molecule has 0 rings (SSSR count). The van der Waals surface area contributed by atoms with Gasteiger partial charge < -0.3 is 33.8 Å². The molecule has 0 aliphatic rings. The highest BCUT2D eigenvalue weighted by molar-refractivity contribution is 7.47. The van der Waals surface area contributed by atoms with Gasteiger partial charge in [0.1, 0.15) is 19.3 Å². The number of phosphoric acid groups is 2. The molecular weight excluding hydrogens is 1220 g/mol. The average molecular weight is 1370 g/mol. The lowest BCUT2D eigenvalue weighted by molar-refractivity contribution is -0.161. The van der Waals surface area contributed by atoms with E-state index in [4.69, 9.17) is 37.0 Å². The minimum Gasteiger partial charge on any atom is -0.462 e. The second kappa shape index (κ2) is 67.3. The molecule has 0 aliphatic carbocycles. The third-order valence-corrected chi connectivity index (χ3v) is 19.2. The molecule has 0 aromatic rings. The van der Waals surface area contributed by atoms with E-state index in [2.05, 4.69) is 34.6 Å². The summed E-state index contributed by atoms with van der Waals surface area (Å²) in [5.41, 5.74) is 0. The summed E-state index contributed by atoms with van der Waals surface area (Å²) in [4.78, 5) is 72.7. The van der Waals surface area contributed by atoms with Crippen molar-refractivity contribution in [3.63, 3.8) is 0 Å². The summed E-state index contributed by atoms with van der Waals surface area (Å²) in [6.45, 7) is 7.29. The molecule has 19 heteroatoms. The molecule has 0 saturated carbocycles. The first-order valence-corrected chi connectivity index (χ1v) is 41.6. The van der Waals surface area contributed by atoms with Crippen molar-refractivity contribution in [2.24, 2.45) is 5.92 Å². The van der Waals surface area contributed by atoms with E-state index < -0.39 is 97.5 Å². The van der Waals surface area contributed by atoms with Crippen LogP contribution in [0.3, 0.4) is 0 Å².